The third kappa shape index (κ3) is 7.11. The summed E-state index contributed by atoms with van der Waals surface area (Å²) in [4.78, 5) is 3.57. The highest BCUT2D eigenvalue weighted by molar-refractivity contribution is 7.90. The molecule has 0 amide bonds. The number of hydrogen-bond acceptors (Lipinski definition) is 7. The Bertz CT molecular complexity index is 1230. The first kappa shape index (κ1) is 25.4. The van der Waals surface area contributed by atoms with Gasteiger partial charge in [-0.15, -0.1) is 10.2 Å². The van der Waals surface area contributed by atoms with Gasteiger partial charge in [-0.05, 0) is 43.3 Å². The third-order valence-corrected chi connectivity index (χ3v) is 5.65. The minimum Gasteiger partial charge on any atom is -0.397 e. The number of aliphatic hydroxyl groups is 1. The van der Waals surface area contributed by atoms with E-state index in [1.165, 1.54) is 3.97 Å². The summed E-state index contributed by atoms with van der Waals surface area (Å²) in [5, 5.41) is 8.64. The molecule has 2 aromatic carbocycles. The van der Waals surface area contributed by atoms with Gasteiger partial charge in [-0.3, -0.25) is 0 Å². The number of aromatic nitrogens is 2. The number of hydrogen-bond donors (Lipinski definition) is 1. The summed E-state index contributed by atoms with van der Waals surface area (Å²) in [5.74, 6) is 0. The zero-order valence-electron chi connectivity index (χ0n) is 16.9. The molecule has 4 aromatic rings. The average Bonchev–Trinajstić information content (AvgIpc) is 3.24. The molecule has 0 aliphatic carbocycles. The second kappa shape index (κ2) is 11.2. The van der Waals surface area contributed by atoms with Crippen LogP contribution in [-0.2, 0) is 10.0 Å². The van der Waals surface area contributed by atoms with Gasteiger partial charge in [0.2, 0.25) is 11.2 Å². The summed E-state index contributed by atoms with van der Waals surface area (Å²) in [5.41, 5.74) is 2.31. The lowest BCUT2D eigenvalue weighted by molar-refractivity contribution is -2.00. The zero-order valence-corrected chi connectivity index (χ0v) is 18.5. The number of halogens is 1. The van der Waals surface area contributed by atoms with Crippen LogP contribution in [0.1, 0.15) is 6.92 Å². The highest BCUT2D eigenvalue weighted by Crippen LogP contribution is 2.23. The topological polar surface area (TPSA) is 166 Å². The fourth-order valence-corrected chi connectivity index (χ4v) is 4.13. The van der Waals surface area contributed by atoms with Crippen molar-refractivity contribution in [3.8, 4) is 11.4 Å². The molecule has 2 N–H and O–H groups in total. The Morgan fingerprint density at radius 3 is 2.06 bits per heavy atom. The predicted molar refractivity (Wildman–Crippen MR) is 106 cm³/mol. The maximum atomic E-state index is 12.9. The lowest BCUT2D eigenvalue weighted by Gasteiger charge is -2.17. The number of rotatable bonds is 3. The molecule has 0 atom stereocenters. The molecule has 0 spiro atoms. The van der Waals surface area contributed by atoms with Crippen LogP contribution in [0.4, 0.5) is 0 Å². The number of aliphatic hydroxyl groups excluding tert-OH is 1. The SMILES string of the molecule is CCO.O=S(=O)(c1ccccc1)n1cccc1-c1ccc2ccccc2[nH+]1.[O-][Cl+3]([O-])([O-])[O-]. The molecule has 32 heavy (non-hydrogen) atoms. The molecule has 0 aliphatic heterocycles. The van der Waals surface area contributed by atoms with Crippen LogP contribution >= 0.6 is 0 Å². The fraction of sp³-hybridized carbons (Fsp3) is 0.0952. The number of H-pyrrole nitrogens is 1. The van der Waals surface area contributed by atoms with Crippen LogP contribution in [0.5, 0.6) is 0 Å². The van der Waals surface area contributed by atoms with Crippen LogP contribution in [0, 0.1) is 10.2 Å². The number of pyridine rings is 1. The highest BCUT2D eigenvalue weighted by Gasteiger charge is 2.22. The molecule has 0 aliphatic rings. The van der Waals surface area contributed by atoms with Gasteiger partial charge < -0.3 is 5.11 Å². The molecule has 0 fully saturated rings. The van der Waals surface area contributed by atoms with Crippen LogP contribution in [0.2, 0.25) is 0 Å². The zero-order chi connectivity index (χ0) is 23.8. The maximum absolute atomic E-state index is 12.9. The quantitative estimate of drug-likeness (QED) is 0.376. The second-order valence-electron chi connectivity index (χ2n) is 6.16. The molecular weight excluding hydrogens is 460 g/mol. The van der Waals surface area contributed by atoms with Crippen molar-refractivity contribution in [3.05, 3.63) is 85.1 Å². The molecule has 11 heteroatoms. The smallest absolute Gasteiger partial charge is 0.268 e. The van der Waals surface area contributed by atoms with Gasteiger partial charge in [-0.2, -0.15) is 0 Å². The van der Waals surface area contributed by atoms with Crippen LogP contribution in [-0.4, -0.2) is 24.1 Å². The van der Waals surface area contributed by atoms with Gasteiger partial charge in [0.25, 0.3) is 10.0 Å². The molecule has 0 unspecified atom stereocenters. The van der Waals surface area contributed by atoms with Crippen molar-refractivity contribution in [1.29, 1.82) is 0 Å². The Morgan fingerprint density at radius 1 is 0.875 bits per heavy atom. The molecule has 0 bridgehead atoms. The van der Waals surface area contributed by atoms with E-state index in [0.717, 1.165) is 16.6 Å². The van der Waals surface area contributed by atoms with E-state index in [-0.39, 0.29) is 11.5 Å². The van der Waals surface area contributed by atoms with Crippen molar-refractivity contribution in [2.75, 3.05) is 6.61 Å². The standard InChI is InChI=1S/C19H14N2O2S.C2H6O.ClHO4/c22-24(23,16-8-2-1-3-9-16)21-14-6-11-19(21)18-13-12-15-7-4-5-10-17(15)20-18;1-2-3;2-1(3,4)5/h1-14H;3H,2H2,1H3;(H,2,3,4,5). The number of benzene rings is 2. The van der Waals surface area contributed by atoms with E-state index in [1.54, 1.807) is 55.6 Å². The number of aromatic amines is 1. The normalized spacial score (nSPS) is 11.2. The van der Waals surface area contributed by atoms with Gasteiger partial charge >= 0.3 is 0 Å². The summed E-state index contributed by atoms with van der Waals surface area (Å²) in [6.07, 6.45) is 1.57. The van der Waals surface area contributed by atoms with Gasteiger partial charge in [-0.1, -0.05) is 30.3 Å². The molecule has 2 aromatic heterocycles. The van der Waals surface area contributed by atoms with Crippen molar-refractivity contribution in [2.45, 2.75) is 11.8 Å². The van der Waals surface area contributed by atoms with Gasteiger partial charge in [0, 0.05) is 30.3 Å². The molecular formula is C21H21ClN2O7S. The lowest BCUT2D eigenvalue weighted by atomic mass is 10.2. The van der Waals surface area contributed by atoms with Crippen LogP contribution in [0.15, 0.2) is 90.0 Å². The maximum Gasteiger partial charge on any atom is 0.268 e. The Hall–Kier alpha value is -2.83. The summed E-state index contributed by atoms with van der Waals surface area (Å²) in [6, 6.07) is 23.7. The van der Waals surface area contributed by atoms with Crippen molar-refractivity contribution in [2.24, 2.45) is 0 Å². The van der Waals surface area contributed by atoms with Crippen molar-refractivity contribution < 1.29 is 47.4 Å². The summed E-state index contributed by atoms with van der Waals surface area (Å²) in [7, 11) is -8.58. The van der Waals surface area contributed by atoms with Crippen LogP contribution in [0.25, 0.3) is 22.3 Å². The summed E-state index contributed by atoms with van der Waals surface area (Å²) in [6.45, 7) is 1.93. The Kier molecular flexibility index (Phi) is 8.87. The molecule has 2 heterocycles. The number of nitrogens with one attached hydrogen (secondary N) is 1. The van der Waals surface area contributed by atoms with E-state index >= 15 is 0 Å². The van der Waals surface area contributed by atoms with E-state index < -0.39 is 20.3 Å². The Balaban J connectivity index is 0.000000395. The van der Waals surface area contributed by atoms with Crippen molar-refractivity contribution in [3.63, 3.8) is 0 Å². The number of fused-ring (bicyclic) bond motifs is 1. The van der Waals surface area contributed by atoms with Gasteiger partial charge in [0.1, 0.15) is 5.69 Å². The minimum absolute atomic E-state index is 0.250. The molecule has 9 nitrogen and oxygen atoms in total. The Morgan fingerprint density at radius 2 is 1.44 bits per heavy atom. The monoisotopic (exact) mass is 480 g/mol. The van der Waals surface area contributed by atoms with E-state index in [0.29, 0.717) is 5.69 Å². The fourth-order valence-electron chi connectivity index (χ4n) is 2.76. The minimum atomic E-state index is -4.94. The first-order chi connectivity index (χ1) is 15.1. The van der Waals surface area contributed by atoms with Crippen molar-refractivity contribution >= 4 is 20.9 Å². The van der Waals surface area contributed by atoms with Crippen molar-refractivity contribution in [1.82, 2.24) is 3.97 Å². The predicted octanol–water partition coefficient (Wildman–Crippen LogP) is -1.40. The first-order valence-corrected chi connectivity index (χ1v) is 11.9. The van der Waals surface area contributed by atoms with E-state index in [1.807, 2.05) is 36.4 Å². The lowest BCUT2D eigenvalue weighted by Crippen LogP contribution is -2.68. The van der Waals surface area contributed by atoms with E-state index in [2.05, 4.69) is 4.98 Å². The molecule has 0 saturated carbocycles. The number of nitrogens with zero attached hydrogens (tertiary/aromatic N) is 1. The first-order valence-electron chi connectivity index (χ1n) is 9.20. The molecule has 170 valence electrons. The van der Waals surface area contributed by atoms with E-state index in [4.69, 9.17) is 23.7 Å². The third-order valence-electron chi connectivity index (χ3n) is 3.95. The summed E-state index contributed by atoms with van der Waals surface area (Å²) >= 11 is 0. The highest BCUT2D eigenvalue weighted by atomic mass is 35.7. The Labute approximate surface area is 187 Å². The van der Waals surface area contributed by atoms with E-state index in [9.17, 15) is 8.42 Å². The van der Waals surface area contributed by atoms with Crippen LogP contribution in [0.3, 0.4) is 0 Å². The molecule has 0 saturated heterocycles. The number of para-hydroxylation sites is 1. The molecule has 4 rings (SSSR count). The average molecular weight is 481 g/mol. The van der Waals surface area contributed by atoms with Gasteiger partial charge in [0.05, 0.1) is 4.90 Å². The van der Waals surface area contributed by atoms with Crippen LogP contribution < -0.4 is 23.6 Å². The van der Waals surface area contributed by atoms with Gasteiger partial charge in [0.15, 0.2) is 0 Å². The summed E-state index contributed by atoms with van der Waals surface area (Å²) < 4.78 is 61.1. The van der Waals surface area contributed by atoms with Gasteiger partial charge in [-0.25, -0.2) is 36.0 Å². The second-order valence-corrected chi connectivity index (χ2v) is 8.73. The largest absolute Gasteiger partial charge is 0.397 e. The molecule has 0 radical (unpaired) electrons.